The van der Waals surface area contributed by atoms with E-state index in [1.807, 2.05) is 12.3 Å². The Labute approximate surface area is 70.1 Å². The van der Waals surface area contributed by atoms with Crippen molar-refractivity contribution in [1.29, 1.82) is 0 Å². The monoisotopic (exact) mass is 196 g/mol. The zero-order valence-corrected chi connectivity index (χ0v) is 8.39. The van der Waals surface area contributed by atoms with Gasteiger partial charge in [-0.05, 0) is 18.7 Å². The Morgan fingerprint density at radius 3 is 3.00 bits per heavy atom. The molecule has 1 aliphatic rings. The molecule has 0 saturated carbocycles. The van der Waals surface area contributed by atoms with Crippen LogP contribution >= 0.6 is 18.3 Å². The largest absolute Gasteiger partial charge is 0.447 e. The number of rotatable bonds is 1. The summed E-state index contributed by atoms with van der Waals surface area (Å²) in [5, 5.41) is 1.96. The molecule has 58 valence electrons. The molecular weight excluding hydrogens is 187 g/mol. The van der Waals surface area contributed by atoms with Crippen LogP contribution in [0.3, 0.4) is 0 Å². The molecule has 1 unspecified atom stereocenters. The van der Waals surface area contributed by atoms with Crippen LogP contribution in [0.25, 0.3) is 0 Å². The van der Waals surface area contributed by atoms with E-state index >= 15 is 0 Å². The van der Waals surface area contributed by atoms with Crippen LogP contribution < -0.4 is 0 Å². The molecule has 0 bridgehead atoms. The first-order valence-electron chi connectivity index (χ1n) is 2.79. The van der Waals surface area contributed by atoms with E-state index < -0.39 is 6.49 Å². The summed E-state index contributed by atoms with van der Waals surface area (Å²) in [6.07, 6.45) is 0. The van der Waals surface area contributed by atoms with Crippen LogP contribution in [0.15, 0.2) is 11.2 Å². The smallest absolute Gasteiger partial charge is 0.247 e. The van der Waals surface area contributed by atoms with Crippen molar-refractivity contribution in [3.8, 4) is 0 Å². The van der Waals surface area contributed by atoms with Gasteiger partial charge in [-0.2, -0.15) is 0 Å². The second-order valence-corrected chi connectivity index (χ2v) is 6.95. The van der Waals surface area contributed by atoms with E-state index in [2.05, 4.69) is 0 Å². The topological polar surface area (TPSA) is 18.5 Å². The van der Waals surface area contributed by atoms with Crippen LogP contribution in [0.4, 0.5) is 0 Å². The first kappa shape index (κ1) is 8.60. The van der Waals surface area contributed by atoms with E-state index in [4.69, 9.17) is 20.9 Å². The molecule has 0 fully saturated rings. The Balaban J connectivity index is 2.69. The second kappa shape index (κ2) is 3.26. The Morgan fingerprint density at radius 1 is 1.90 bits per heavy atom. The highest BCUT2D eigenvalue weighted by Crippen LogP contribution is 2.55. The minimum absolute atomic E-state index is 0.788. The van der Waals surface area contributed by atoms with Crippen molar-refractivity contribution in [2.45, 2.75) is 6.92 Å². The van der Waals surface area contributed by atoms with E-state index in [1.165, 1.54) is 0 Å². The summed E-state index contributed by atoms with van der Waals surface area (Å²) >= 11 is 6.80. The molecule has 1 atom stereocenters. The van der Waals surface area contributed by atoms with Crippen molar-refractivity contribution in [3.05, 3.63) is 11.2 Å². The lowest BCUT2D eigenvalue weighted by Crippen LogP contribution is -1.96. The molecule has 1 rings (SSSR count). The number of hydrogen-bond acceptors (Lipinski definition) is 4. The zero-order chi connectivity index (χ0) is 7.61. The van der Waals surface area contributed by atoms with Gasteiger partial charge < -0.3 is 9.05 Å². The third-order valence-electron chi connectivity index (χ3n) is 1.04. The van der Waals surface area contributed by atoms with Gasteiger partial charge in [0, 0.05) is 12.5 Å². The van der Waals surface area contributed by atoms with E-state index in [9.17, 15) is 0 Å². The Morgan fingerprint density at radius 2 is 2.60 bits per heavy atom. The molecular formula is C5H9O2PS2. The summed E-state index contributed by atoms with van der Waals surface area (Å²) in [5.41, 5.74) is 0.788. The van der Waals surface area contributed by atoms with Crippen LogP contribution in [0, 0.1) is 0 Å². The average Bonchev–Trinajstić information content (AvgIpc) is 1.88. The van der Waals surface area contributed by atoms with Crippen molar-refractivity contribution in [2.24, 2.45) is 0 Å². The van der Waals surface area contributed by atoms with Crippen molar-refractivity contribution in [3.63, 3.8) is 0 Å². The maximum Gasteiger partial charge on any atom is 0.247 e. The average molecular weight is 196 g/mol. The fraction of sp³-hybridized carbons (Fsp3) is 0.600. The first-order chi connectivity index (χ1) is 4.66. The van der Waals surface area contributed by atoms with Gasteiger partial charge in [0.25, 0.3) is 0 Å². The maximum atomic E-state index is 5.37. The lowest BCUT2D eigenvalue weighted by molar-refractivity contribution is 0.349. The lowest BCUT2D eigenvalue weighted by Gasteiger charge is -2.23. The molecule has 0 aromatic heterocycles. The van der Waals surface area contributed by atoms with Gasteiger partial charge in [0.1, 0.15) is 5.76 Å². The van der Waals surface area contributed by atoms with Crippen molar-refractivity contribution in [2.75, 3.05) is 12.6 Å². The molecule has 0 aromatic rings. The van der Waals surface area contributed by atoms with E-state index in [-0.39, 0.29) is 0 Å². The minimum Gasteiger partial charge on any atom is -0.447 e. The Kier molecular flexibility index (Phi) is 2.81. The third kappa shape index (κ3) is 1.99. The summed E-state index contributed by atoms with van der Waals surface area (Å²) in [7, 11) is 1.61. The van der Waals surface area contributed by atoms with Gasteiger partial charge in [0.2, 0.25) is 6.49 Å². The fourth-order valence-electron chi connectivity index (χ4n) is 0.603. The standard InChI is InChI=1S/C5H9O2PS2/c1-5-3-10-4-8(9,6-2)7-5/h3H,4H2,1-2H3. The highest BCUT2D eigenvalue weighted by atomic mass is 32.5. The molecule has 2 nitrogen and oxygen atoms in total. The molecule has 0 N–H and O–H groups in total. The van der Waals surface area contributed by atoms with Crippen molar-refractivity contribution < 1.29 is 9.05 Å². The van der Waals surface area contributed by atoms with Crippen molar-refractivity contribution >= 4 is 30.1 Å². The fourth-order valence-corrected chi connectivity index (χ4v) is 4.08. The van der Waals surface area contributed by atoms with Crippen LogP contribution in [0.1, 0.15) is 6.92 Å². The SMILES string of the molecule is COP1(=S)CSC=C(C)O1. The van der Waals surface area contributed by atoms with Crippen LogP contribution in [-0.2, 0) is 20.9 Å². The maximum absolute atomic E-state index is 5.37. The Bertz CT molecular complexity index is 202. The summed E-state index contributed by atoms with van der Waals surface area (Å²) in [6, 6.07) is 0. The summed E-state index contributed by atoms with van der Waals surface area (Å²) < 4.78 is 10.5. The molecule has 0 saturated heterocycles. The third-order valence-corrected chi connectivity index (χ3v) is 6.14. The number of hydrogen-bond donors (Lipinski definition) is 0. The zero-order valence-electron chi connectivity index (χ0n) is 5.86. The molecule has 0 aliphatic carbocycles. The molecule has 0 amide bonds. The van der Waals surface area contributed by atoms with E-state index in [0.717, 1.165) is 11.3 Å². The van der Waals surface area contributed by atoms with Gasteiger partial charge in [0.15, 0.2) is 0 Å². The summed E-state index contributed by atoms with van der Waals surface area (Å²) in [6.45, 7) is -0.0274. The van der Waals surface area contributed by atoms with Crippen LogP contribution in [-0.4, -0.2) is 12.6 Å². The number of allylic oxidation sites excluding steroid dienone is 1. The van der Waals surface area contributed by atoms with Gasteiger partial charge in [-0.1, -0.05) is 0 Å². The van der Waals surface area contributed by atoms with Crippen molar-refractivity contribution in [1.82, 2.24) is 0 Å². The lowest BCUT2D eigenvalue weighted by atomic mass is 10.7. The van der Waals surface area contributed by atoms with Gasteiger partial charge in [-0.3, -0.25) is 0 Å². The predicted octanol–water partition coefficient (Wildman–Crippen LogP) is 2.52. The number of thioether (sulfide) groups is 1. The molecule has 0 aromatic carbocycles. The van der Waals surface area contributed by atoms with Gasteiger partial charge in [-0.25, -0.2) is 0 Å². The van der Waals surface area contributed by atoms with Crippen LogP contribution in [0.5, 0.6) is 0 Å². The molecule has 5 heteroatoms. The highest BCUT2D eigenvalue weighted by Gasteiger charge is 2.21. The quantitative estimate of drug-likeness (QED) is 0.599. The second-order valence-electron chi connectivity index (χ2n) is 1.91. The normalized spacial score (nSPS) is 32.8. The molecule has 0 radical (unpaired) electrons. The first-order valence-corrected chi connectivity index (χ1v) is 6.66. The van der Waals surface area contributed by atoms with E-state index in [0.29, 0.717) is 0 Å². The van der Waals surface area contributed by atoms with Gasteiger partial charge >= 0.3 is 0 Å². The minimum atomic E-state index is -1.92. The molecule has 10 heavy (non-hydrogen) atoms. The van der Waals surface area contributed by atoms with E-state index in [1.54, 1.807) is 18.9 Å². The molecule has 1 aliphatic heterocycles. The molecule has 1 heterocycles. The predicted molar refractivity (Wildman–Crippen MR) is 48.6 cm³/mol. The highest BCUT2D eigenvalue weighted by molar-refractivity contribution is 8.19. The van der Waals surface area contributed by atoms with Gasteiger partial charge in [0.05, 0.1) is 5.49 Å². The van der Waals surface area contributed by atoms with Gasteiger partial charge in [-0.15, -0.1) is 11.8 Å². The molecule has 0 spiro atoms. The Hall–Kier alpha value is 0.500. The summed E-state index contributed by atoms with van der Waals surface area (Å²) in [5.74, 6) is 0.876. The van der Waals surface area contributed by atoms with Crippen LogP contribution in [0.2, 0.25) is 0 Å². The summed E-state index contributed by atoms with van der Waals surface area (Å²) in [4.78, 5) is 0.